The second kappa shape index (κ2) is 5.08. The van der Waals surface area contributed by atoms with E-state index in [1.54, 1.807) is 29.2 Å². The molecule has 2 aliphatic heterocycles. The van der Waals surface area contributed by atoms with E-state index >= 15 is 0 Å². The van der Waals surface area contributed by atoms with Gasteiger partial charge >= 0.3 is 0 Å². The van der Waals surface area contributed by atoms with Gasteiger partial charge in [0.25, 0.3) is 0 Å². The highest BCUT2D eigenvalue weighted by Crippen LogP contribution is 2.38. The summed E-state index contributed by atoms with van der Waals surface area (Å²) in [5, 5.41) is 9.12. The van der Waals surface area contributed by atoms with Crippen molar-refractivity contribution < 1.29 is 9.53 Å². The number of thiocarbonyl (C=S) groups is 1. The summed E-state index contributed by atoms with van der Waals surface area (Å²) in [4.78, 5) is 13.9. The number of nitrogens with zero attached hydrogens (tertiary/aromatic N) is 2. The second-order valence-corrected chi connectivity index (χ2v) is 6.13. The Morgan fingerprint density at radius 3 is 2.91 bits per heavy atom. The Morgan fingerprint density at radius 2 is 2.18 bits per heavy atom. The van der Waals surface area contributed by atoms with Gasteiger partial charge in [-0.3, -0.25) is 4.79 Å². The van der Waals surface area contributed by atoms with Crippen molar-refractivity contribution in [3.8, 4) is 11.8 Å². The molecule has 1 aromatic rings. The van der Waals surface area contributed by atoms with Gasteiger partial charge in [0.1, 0.15) is 11.4 Å². The molecule has 0 saturated heterocycles. The van der Waals surface area contributed by atoms with Crippen molar-refractivity contribution >= 4 is 28.7 Å². The Labute approximate surface area is 134 Å². The Balaban J connectivity index is 2.15. The molecule has 0 aliphatic carbocycles. The van der Waals surface area contributed by atoms with Crippen molar-refractivity contribution in [3.63, 3.8) is 0 Å². The molecule has 3 rings (SSSR count). The molecule has 0 spiro atoms. The van der Waals surface area contributed by atoms with Crippen LogP contribution in [0.1, 0.15) is 25.0 Å². The van der Waals surface area contributed by atoms with Crippen LogP contribution in [0, 0.1) is 11.3 Å². The molecule has 0 N–H and O–H groups in total. The minimum Gasteiger partial charge on any atom is -0.483 e. The first-order chi connectivity index (χ1) is 10.4. The number of hydrogen-bond donors (Lipinski definition) is 0. The molecule has 2 heterocycles. The maximum absolute atomic E-state index is 11.9. The summed E-state index contributed by atoms with van der Waals surface area (Å²) in [6, 6.07) is 7.40. The van der Waals surface area contributed by atoms with E-state index in [2.05, 4.69) is 6.07 Å². The van der Waals surface area contributed by atoms with E-state index in [0.717, 1.165) is 11.3 Å². The van der Waals surface area contributed by atoms with E-state index < -0.39 is 5.60 Å². The van der Waals surface area contributed by atoms with E-state index in [-0.39, 0.29) is 10.8 Å². The van der Waals surface area contributed by atoms with Crippen LogP contribution in [0.5, 0.6) is 5.75 Å². The third-order valence-corrected chi connectivity index (χ3v) is 3.97. The molecule has 5 heteroatoms. The summed E-state index contributed by atoms with van der Waals surface area (Å²) in [6.07, 6.45) is 5.22. The second-order valence-electron chi connectivity index (χ2n) is 5.74. The SMILES string of the molecule is CC1(C)C=C(N2CC=CC(=O)C2=S)c2cc(C#N)ccc2O1. The molecule has 0 amide bonds. The molecule has 0 bridgehead atoms. The molecule has 4 nitrogen and oxygen atoms in total. The normalized spacial score (nSPS) is 19.1. The van der Waals surface area contributed by atoms with Crippen LogP contribution >= 0.6 is 12.2 Å². The van der Waals surface area contributed by atoms with Crippen molar-refractivity contribution in [2.24, 2.45) is 0 Å². The smallest absolute Gasteiger partial charge is 0.213 e. The van der Waals surface area contributed by atoms with Crippen LogP contribution in [0.25, 0.3) is 5.70 Å². The van der Waals surface area contributed by atoms with Crippen LogP contribution in [0.3, 0.4) is 0 Å². The van der Waals surface area contributed by atoms with Gasteiger partial charge < -0.3 is 9.64 Å². The van der Waals surface area contributed by atoms with Gasteiger partial charge in [0.05, 0.1) is 17.3 Å². The van der Waals surface area contributed by atoms with Crippen molar-refractivity contribution in [1.82, 2.24) is 4.90 Å². The molecule has 0 radical (unpaired) electrons. The monoisotopic (exact) mass is 310 g/mol. The van der Waals surface area contributed by atoms with E-state index in [0.29, 0.717) is 17.9 Å². The minimum atomic E-state index is -0.518. The molecule has 0 saturated carbocycles. The topological polar surface area (TPSA) is 53.3 Å². The summed E-state index contributed by atoms with van der Waals surface area (Å²) in [7, 11) is 0. The summed E-state index contributed by atoms with van der Waals surface area (Å²) in [5.41, 5.74) is 1.61. The first-order valence-electron chi connectivity index (χ1n) is 6.90. The van der Waals surface area contributed by atoms with Crippen LogP contribution < -0.4 is 4.74 Å². The molecule has 0 fully saturated rings. The van der Waals surface area contributed by atoms with Gasteiger partial charge in [-0.2, -0.15) is 5.26 Å². The number of hydrogen-bond acceptors (Lipinski definition) is 4. The average molecular weight is 310 g/mol. The van der Waals surface area contributed by atoms with E-state index in [1.165, 1.54) is 6.08 Å². The van der Waals surface area contributed by atoms with Gasteiger partial charge in [-0.15, -0.1) is 0 Å². The standard InChI is InChI=1S/C17H14N2O2S/c1-17(2)9-13(19-7-3-4-14(20)16(19)22)12-8-11(10-18)5-6-15(12)21-17/h3-6,8-9H,7H2,1-2H3. The summed E-state index contributed by atoms with van der Waals surface area (Å²) in [6.45, 7) is 4.42. The fraction of sp³-hybridized carbons (Fsp3) is 0.235. The van der Waals surface area contributed by atoms with Gasteiger partial charge in [0.2, 0.25) is 5.78 Å². The average Bonchev–Trinajstić information content (AvgIpc) is 2.48. The van der Waals surface area contributed by atoms with Crippen molar-refractivity contribution in [2.75, 3.05) is 6.54 Å². The predicted octanol–water partition coefficient (Wildman–Crippen LogP) is 2.84. The number of rotatable bonds is 1. The maximum Gasteiger partial charge on any atom is 0.213 e. The Bertz CT molecular complexity index is 784. The van der Waals surface area contributed by atoms with E-state index in [9.17, 15) is 4.79 Å². The van der Waals surface area contributed by atoms with E-state index in [1.807, 2.05) is 19.9 Å². The van der Waals surface area contributed by atoms with Gasteiger partial charge in [-0.1, -0.05) is 18.3 Å². The zero-order valence-corrected chi connectivity index (χ0v) is 13.1. The van der Waals surface area contributed by atoms with Crippen LogP contribution in [0.15, 0.2) is 36.4 Å². The van der Waals surface area contributed by atoms with Crippen LogP contribution in [-0.4, -0.2) is 27.8 Å². The van der Waals surface area contributed by atoms with Gasteiger partial charge in [0.15, 0.2) is 4.99 Å². The lowest BCUT2D eigenvalue weighted by molar-refractivity contribution is -0.109. The largest absolute Gasteiger partial charge is 0.483 e. The first-order valence-corrected chi connectivity index (χ1v) is 7.31. The fourth-order valence-corrected chi connectivity index (χ4v) is 2.83. The number of benzene rings is 1. The molecule has 0 atom stereocenters. The summed E-state index contributed by atoms with van der Waals surface area (Å²) < 4.78 is 5.94. The molecule has 22 heavy (non-hydrogen) atoms. The minimum absolute atomic E-state index is 0.176. The number of ketones is 1. The third-order valence-electron chi connectivity index (χ3n) is 3.55. The van der Waals surface area contributed by atoms with Gasteiger partial charge in [-0.25, -0.2) is 0 Å². The predicted molar refractivity (Wildman–Crippen MR) is 87.3 cm³/mol. The van der Waals surface area contributed by atoms with E-state index in [4.69, 9.17) is 22.2 Å². The zero-order chi connectivity index (χ0) is 15.9. The molecule has 2 aliphatic rings. The van der Waals surface area contributed by atoms with Gasteiger partial charge in [0, 0.05) is 12.1 Å². The van der Waals surface area contributed by atoms with Crippen LogP contribution in [-0.2, 0) is 4.79 Å². The number of carbonyl (C=O) groups is 1. The van der Waals surface area contributed by atoms with Gasteiger partial charge in [-0.05, 0) is 44.2 Å². The maximum atomic E-state index is 11.9. The van der Waals surface area contributed by atoms with Crippen LogP contribution in [0.4, 0.5) is 0 Å². The van der Waals surface area contributed by atoms with Crippen molar-refractivity contribution in [1.29, 1.82) is 5.26 Å². The first kappa shape index (κ1) is 14.5. The number of fused-ring (bicyclic) bond motifs is 1. The highest BCUT2D eigenvalue weighted by molar-refractivity contribution is 7.82. The highest BCUT2D eigenvalue weighted by atomic mass is 32.1. The Kier molecular flexibility index (Phi) is 3.34. The lowest BCUT2D eigenvalue weighted by Gasteiger charge is -2.36. The van der Waals surface area contributed by atoms with Crippen LogP contribution in [0.2, 0.25) is 0 Å². The number of nitriles is 1. The van der Waals surface area contributed by atoms with Crippen molar-refractivity contribution in [2.45, 2.75) is 19.4 Å². The number of ether oxygens (including phenoxy) is 1. The summed E-state index contributed by atoms with van der Waals surface area (Å²) >= 11 is 5.27. The molecular formula is C17H14N2O2S. The lowest BCUT2D eigenvalue weighted by atomic mass is 9.96. The highest BCUT2D eigenvalue weighted by Gasteiger charge is 2.32. The zero-order valence-electron chi connectivity index (χ0n) is 12.3. The summed E-state index contributed by atoms with van der Waals surface area (Å²) in [5.74, 6) is 0.510. The molecule has 0 aromatic heterocycles. The Morgan fingerprint density at radius 1 is 1.41 bits per heavy atom. The third kappa shape index (κ3) is 2.42. The quantitative estimate of drug-likeness (QED) is 0.747. The molecule has 110 valence electrons. The Hall–Kier alpha value is -2.45. The lowest BCUT2D eigenvalue weighted by Crippen LogP contribution is -2.39. The van der Waals surface area contributed by atoms with Crippen molar-refractivity contribution in [3.05, 3.63) is 47.6 Å². The molecule has 1 aromatic carbocycles. The fourth-order valence-electron chi connectivity index (χ4n) is 2.59. The molecular weight excluding hydrogens is 296 g/mol. The number of carbonyl (C=O) groups excluding carboxylic acids is 1. The molecule has 0 unspecified atom stereocenters.